The minimum Gasteiger partial charge on any atom is -0.496 e. The number of aromatic nitrogens is 2. The Morgan fingerprint density at radius 3 is 2.65 bits per heavy atom. The van der Waals surface area contributed by atoms with Gasteiger partial charge in [-0.15, -0.1) is 0 Å². The van der Waals surface area contributed by atoms with Crippen LogP contribution in [0.2, 0.25) is 0 Å². The lowest BCUT2D eigenvalue weighted by molar-refractivity contribution is 0.0175. The first-order valence-electron chi connectivity index (χ1n) is 8.63. The van der Waals surface area contributed by atoms with E-state index in [1.54, 1.807) is 23.6 Å². The van der Waals surface area contributed by atoms with Gasteiger partial charge in [0.25, 0.3) is 0 Å². The quantitative estimate of drug-likeness (QED) is 0.836. The maximum absolute atomic E-state index is 12.8. The smallest absolute Gasteiger partial charge is 0.411 e. The molecule has 7 nitrogen and oxygen atoms in total. The second-order valence-electron chi connectivity index (χ2n) is 7.42. The van der Waals surface area contributed by atoms with Crippen molar-refractivity contribution < 1.29 is 14.3 Å². The molecule has 1 unspecified atom stereocenters. The summed E-state index contributed by atoms with van der Waals surface area (Å²) in [7, 11) is 3.30. The number of carbonyl (C=O) groups is 1. The Kier molecular flexibility index (Phi) is 4.56. The van der Waals surface area contributed by atoms with E-state index in [4.69, 9.17) is 9.47 Å². The number of carbonyl (C=O) groups excluding carboxylic acids is 1. The van der Waals surface area contributed by atoms with Crippen molar-refractivity contribution in [2.75, 3.05) is 13.7 Å². The van der Waals surface area contributed by atoms with E-state index in [0.29, 0.717) is 24.2 Å². The number of ether oxygens (including phenoxy) is 2. The summed E-state index contributed by atoms with van der Waals surface area (Å²) >= 11 is 0. The number of amides is 1. The standard InChI is InChI=1S/C19H25N3O4/c1-19(2,3)26-18(24)22-11-7-6-8-13(22)15-14(25-5)10-9-12-16(15)21(4)17(23)20-12/h6-7,9-10,13H,8,11H2,1-5H3,(H,20,23). The lowest BCUT2D eigenvalue weighted by Gasteiger charge is -2.35. The van der Waals surface area contributed by atoms with Gasteiger partial charge in [0.05, 0.1) is 24.2 Å². The lowest BCUT2D eigenvalue weighted by atomic mass is 9.96. The first-order valence-corrected chi connectivity index (χ1v) is 8.63. The molecule has 0 saturated heterocycles. The maximum atomic E-state index is 12.8. The average molecular weight is 359 g/mol. The van der Waals surface area contributed by atoms with E-state index >= 15 is 0 Å². The monoisotopic (exact) mass is 359 g/mol. The molecular weight excluding hydrogens is 334 g/mol. The van der Waals surface area contributed by atoms with E-state index < -0.39 is 5.60 Å². The van der Waals surface area contributed by atoms with Crippen molar-refractivity contribution in [1.82, 2.24) is 14.5 Å². The summed E-state index contributed by atoms with van der Waals surface area (Å²) in [6.45, 7) is 5.97. The van der Waals surface area contributed by atoms with Gasteiger partial charge in [-0.1, -0.05) is 12.2 Å². The molecule has 26 heavy (non-hydrogen) atoms. The van der Waals surface area contributed by atoms with E-state index in [1.165, 1.54) is 0 Å². The summed E-state index contributed by atoms with van der Waals surface area (Å²) in [6, 6.07) is 3.35. The highest BCUT2D eigenvalue weighted by Crippen LogP contribution is 2.39. The van der Waals surface area contributed by atoms with Crippen LogP contribution in [-0.4, -0.2) is 39.8 Å². The number of nitrogens with one attached hydrogen (secondary N) is 1. The Labute approximate surface area is 152 Å². The van der Waals surface area contributed by atoms with Gasteiger partial charge in [-0.3, -0.25) is 9.47 Å². The van der Waals surface area contributed by atoms with Crippen LogP contribution < -0.4 is 10.4 Å². The van der Waals surface area contributed by atoms with Crippen LogP contribution >= 0.6 is 0 Å². The predicted molar refractivity (Wildman–Crippen MR) is 99.5 cm³/mol. The maximum Gasteiger partial charge on any atom is 0.411 e. The fourth-order valence-electron chi connectivity index (χ4n) is 3.32. The first-order chi connectivity index (χ1) is 12.2. The number of rotatable bonds is 2. The summed E-state index contributed by atoms with van der Waals surface area (Å²) in [5, 5.41) is 0. The molecule has 1 aliphatic heterocycles. The Balaban J connectivity index is 2.15. The third-order valence-corrected chi connectivity index (χ3v) is 4.44. The molecule has 1 N–H and O–H groups in total. The van der Waals surface area contributed by atoms with Gasteiger partial charge in [0, 0.05) is 19.2 Å². The molecule has 1 aromatic carbocycles. The summed E-state index contributed by atoms with van der Waals surface area (Å²) in [5.41, 5.74) is 1.47. The second kappa shape index (κ2) is 6.55. The Bertz CT molecular complexity index is 917. The number of nitrogens with zero attached hydrogens (tertiary/aromatic N) is 2. The molecule has 7 heteroatoms. The van der Waals surface area contributed by atoms with Crippen LogP contribution in [0.4, 0.5) is 4.79 Å². The molecule has 0 bridgehead atoms. The summed E-state index contributed by atoms with van der Waals surface area (Å²) in [6.07, 6.45) is 4.22. The van der Waals surface area contributed by atoms with Gasteiger partial charge in [-0.05, 0) is 39.3 Å². The molecule has 1 aliphatic rings. The van der Waals surface area contributed by atoms with Crippen LogP contribution in [0, 0.1) is 0 Å². The Morgan fingerprint density at radius 1 is 1.27 bits per heavy atom. The molecule has 2 aromatic rings. The van der Waals surface area contributed by atoms with Crippen molar-refractivity contribution in [1.29, 1.82) is 0 Å². The number of fused-ring (bicyclic) bond motifs is 1. The molecule has 0 aliphatic carbocycles. The van der Waals surface area contributed by atoms with E-state index in [2.05, 4.69) is 4.98 Å². The van der Waals surface area contributed by atoms with Crippen LogP contribution in [0.25, 0.3) is 11.0 Å². The Hall–Kier alpha value is -2.70. The molecule has 0 saturated carbocycles. The number of imidazole rings is 1. The Morgan fingerprint density at radius 2 is 2.00 bits per heavy atom. The fraction of sp³-hybridized carbons (Fsp3) is 0.474. The molecule has 3 rings (SSSR count). The molecule has 2 heterocycles. The average Bonchev–Trinajstić information content (AvgIpc) is 2.87. The number of hydrogen-bond donors (Lipinski definition) is 1. The van der Waals surface area contributed by atoms with E-state index in [-0.39, 0.29) is 17.8 Å². The minimum absolute atomic E-state index is 0.204. The normalized spacial score (nSPS) is 17.6. The molecule has 140 valence electrons. The minimum atomic E-state index is -0.584. The van der Waals surface area contributed by atoms with Crippen LogP contribution in [0.5, 0.6) is 5.75 Å². The summed E-state index contributed by atoms with van der Waals surface area (Å²) in [5.74, 6) is 0.640. The number of methoxy groups -OCH3 is 1. The molecule has 1 atom stereocenters. The van der Waals surface area contributed by atoms with Gasteiger partial charge < -0.3 is 14.5 Å². The van der Waals surface area contributed by atoms with Crippen molar-refractivity contribution >= 4 is 17.1 Å². The number of benzene rings is 1. The number of aryl methyl sites for hydroxylation is 1. The van der Waals surface area contributed by atoms with Crippen molar-refractivity contribution in [2.45, 2.75) is 38.8 Å². The molecule has 0 spiro atoms. The van der Waals surface area contributed by atoms with Gasteiger partial charge in [0.15, 0.2) is 0 Å². The van der Waals surface area contributed by atoms with Gasteiger partial charge >= 0.3 is 11.8 Å². The van der Waals surface area contributed by atoms with Gasteiger partial charge in [-0.25, -0.2) is 9.59 Å². The topological polar surface area (TPSA) is 76.6 Å². The van der Waals surface area contributed by atoms with Crippen molar-refractivity contribution in [3.63, 3.8) is 0 Å². The predicted octanol–water partition coefficient (Wildman–Crippen LogP) is 3.11. The number of aromatic amines is 1. The van der Waals surface area contributed by atoms with Gasteiger partial charge in [0.2, 0.25) is 0 Å². The first kappa shape index (κ1) is 18.1. The highest BCUT2D eigenvalue weighted by molar-refractivity contribution is 5.83. The lowest BCUT2D eigenvalue weighted by Crippen LogP contribution is -2.40. The molecular formula is C19H25N3O4. The van der Waals surface area contributed by atoms with E-state index in [0.717, 1.165) is 11.1 Å². The van der Waals surface area contributed by atoms with Gasteiger partial charge in [-0.2, -0.15) is 0 Å². The zero-order valence-electron chi connectivity index (χ0n) is 15.8. The van der Waals surface area contributed by atoms with Crippen LogP contribution in [0.1, 0.15) is 38.8 Å². The van der Waals surface area contributed by atoms with E-state index in [9.17, 15) is 9.59 Å². The number of hydrogen-bond acceptors (Lipinski definition) is 4. The molecule has 0 radical (unpaired) electrons. The summed E-state index contributed by atoms with van der Waals surface area (Å²) < 4.78 is 12.7. The van der Waals surface area contributed by atoms with Crippen LogP contribution in [0.15, 0.2) is 29.1 Å². The van der Waals surface area contributed by atoms with E-state index in [1.807, 2.05) is 45.1 Å². The zero-order chi connectivity index (χ0) is 19.1. The fourth-order valence-corrected chi connectivity index (χ4v) is 3.32. The molecule has 0 fully saturated rings. The molecule has 1 aromatic heterocycles. The third-order valence-electron chi connectivity index (χ3n) is 4.44. The number of H-pyrrole nitrogens is 1. The highest BCUT2D eigenvalue weighted by Gasteiger charge is 2.33. The summed E-state index contributed by atoms with van der Waals surface area (Å²) in [4.78, 5) is 29.4. The third kappa shape index (κ3) is 3.21. The van der Waals surface area contributed by atoms with Crippen molar-refractivity contribution in [2.24, 2.45) is 7.05 Å². The largest absolute Gasteiger partial charge is 0.496 e. The SMILES string of the molecule is COc1ccc2[nH]c(=O)n(C)c2c1C1CC=CCN1C(=O)OC(C)(C)C. The highest BCUT2D eigenvalue weighted by atomic mass is 16.6. The van der Waals surface area contributed by atoms with Crippen LogP contribution in [-0.2, 0) is 11.8 Å². The van der Waals surface area contributed by atoms with Crippen LogP contribution in [0.3, 0.4) is 0 Å². The second-order valence-corrected chi connectivity index (χ2v) is 7.42. The van der Waals surface area contributed by atoms with Crippen molar-refractivity contribution in [3.8, 4) is 5.75 Å². The molecule has 1 amide bonds. The van der Waals surface area contributed by atoms with Crippen molar-refractivity contribution in [3.05, 3.63) is 40.3 Å². The van der Waals surface area contributed by atoms with Gasteiger partial charge in [0.1, 0.15) is 11.4 Å². The zero-order valence-corrected chi connectivity index (χ0v) is 15.8.